The first-order valence-corrected chi connectivity index (χ1v) is 11.9. The fourth-order valence-corrected chi connectivity index (χ4v) is 4.49. The topological polar surface area (TPSA) is 97.0 Å². The Morgan fingerprint density at radius 3 is 2.81 bits per heavy atom. The lowest BCUT2D eigenvalue weighted by molar-refractivity contribution is 0.150. The van der Waals surface area contributed by atoms with Gasteiger partial charge in [0, 0.05) is 37.1 Å². The van der Waals surface area contributed by atoms with Crippen molar-refractivity contribution in [1.29, 1.82) is 5.26 Å². The van der Waals surface area contributed by atoms with Crippen LogP contribution in [0.1, 0.15) is 22.7 Å². The van der Waals surface area contributed by atoms with Crippen LogP contribution in [0.2, 0.25) is 0 Å². The summed E-state index contributed by atoms with van der Waals surface area (Å²) in [4.78, 5) is 4.61. The number of ether oxygens (including phenoxy) is 2. The van der Waals surface area contributed by atoms with Crippen LogP contribution in [0.25, 0.3) is 11.1 Å². The molecule has 2 N–H and O–H groups in total. The van der Waals surface area contributed by atoms with Crippen molar-refractivity contribution in [2.75, 3.05) is 25.5 Å². The van der Waals surface area contributed by atoms with E-state index in [9.17, 15) is 0 Å². The zero-order chi connectivity index (χ0) is 24.9. The molecule has 8 heteroatoms. The van der Waals surface area contributed by atoms with Gasteiger partial charge < -0.3 is 20.1 Å². The van der Waals surface area contributed by atoms with Crippen LogP contribution >= 0.6 is 0 Å². The van der Waals surface area contributed by atoms with E-state index in [4.69, 9.17) is 14.7 Å². The number of rotatable bonds is 8. The fraction of sp³-hybridized carbons (Fsp3) is 0.250. The Hall–Kier alpha value is -4.35. The van der Waals surface area contributed by atoms with Gasteiger partial charge >= 0.3 is 0 Å². The molecule has 4 aromatic rings. The minimum Gasteiger partial charge on any atom is -0.496 e. The molecule has 0 spiro atoms. The first-order chi connectivity index (χ1) is 17.6. The van der Waals surface area contributed by atoms with Crippen LogP contribution < -0.4 is 20.1 Å². The Kier molecular flexibility index (Phi) is 6.83. The maximum atomic E-state index is 9.16. The third kappa shape index (κ3) is 5.02. The maximum Gasteiger partial charge on any atom is 0.237 e. The highest BCUT2D eigenvalue weighted by atomic mass is 16.5. The van der Waals surface area contributed by atoms with E-state index in [1.165, 1.54) is 0 Å². The van der Waals surface area contributed by atoms with Gasteiger partial charge in [0.15, 0.2) is 0 Å². The van der Waals surface area contributed by atoms with E-state index in [0.29, 0.717) is 24.5 Å². The Labute approximate surface area is 210 Å². The summed E-state index contributed by atoms with van der Waals surface area (Å²) in [5, 5.41) is 20.6. The number of methoxy groups -OCH3 is 1. The minimum absolute atomic E-state index is 0.0453. The third-order valence-corrected chi connectivity index (χ3v) is 6.35. The standard InChI is InChI=1S/C28H28N6O2/c1-34-18-23(16-33-34)22-13-24-28(32-15-22)36-26(17-31-24)27(21-6-4-3-5-7-21)30-11-10-20-9-8-19(14-29)12-25(20)35-2/h3-9,12-13,15-16,18,26-27,30-31H,10-11,17H2,1-2H3/t26-,27+/m0/s1. The van der Waals surface area contributed by atoms with Gasteiger partial charge in [0.2, 0.25) is 5.88 Å². The highest BCUT2D eigenvalue weighted by Gasteiger charge is 2.29. The summed E-state index contributed by atoms with van der Waals surface area (Å²) in [5.41, 5.74) is 5.66. The number of aromatic nitrogens is 3. The van der Waals surface area contributed by atoms with Crippen molar-refractivity contribution in [3.05, 3.63) is 89.9 Å². The second kappa shape index (κ2) is 10.5. The lowest BCUT2D eigenvalue weighted by atomic mass is 9.99. The average molecular weight is 481 g/mol. The highest BCUT2D eigenvalue weighted by molar-refractivity contribution is 5.69. The average Bonchev–Trinajstić information content (AvgIpc) is 3.37. The van der Waals surface area contributed by atoms with E-state index in [-0.39, 0.29) is 12.1 Å². The van der Waals surface area contributed by atoms with Gasteiger partial charge in [0.25, 0.3) is 0 Å². The van der Waals surface area contributed by atoms with Crippen LogP contribution in [0.15, 0.2) is 73.2 Å². The molecule has 182 valence electrons. The SMILES string of the molecule is COc1cc(C#N)ccc1CCN[C@H](c1ccccc1)[C@@H]1CNc2cc(-c3cnn(C)c3)cnc2O1. The fourth-order valence-electron chi connectivity index (χ4n) is 4.49. The third-order valence-electron chi connectivity index (χ3n) is 6.35. The summed E-state index contributed by atoms with van der Waals surface area (Å²) >= 11 is 0. The van der Waals surface area contributed by atoms with Crippen molar-refractivity contribution in [1.82, 2.24) is 20.1 Å². The second-order valence-electron chi connectivity index (χ2n) is 8.75. The van der Waals surface area contributed by atoms with Crippen molar-refractivity contribution in [3.8, 4) is 28.8 Å². The lowest BCUT2D eigenvalue weighted by Crippen LogP contribution is -2.43. The van der Waals surface area contributed by atoms with E-state index in [1.807, 2.05) is 56.0 Å². The molecule has 1 aliphatic heterocycles. The number of nitrogens with zero attached hydrogens (tertiary/aromatic N) is 4. The molecule has 2 atom stereocenters. The van der Waals surface area contributed by atoms with Gasteiger partial charge in [-0.15, -0.1) is 0 Å². The molecular weight excluding hydrogens is 452 g/mol. The Balaban J connectivity index is 1.32. The van der Waals surface area contributed by atoms with Gasteiger partial charge in [-0.1, -0.05) is 36.4 Å². The number of hydrogen-bond acceptors (Lipinski definition) is 7. The molecule has 2 aromatic heterocycles. The summed E-state index contributed by atoms with van der Waals surface area (Å²) in [6, 6.07) is 20.0. The molecule has 0 bridgehead atoms. The molecule has 0 saturated carbocycles. The van der Waals surface area contributed by atoms with Gasteiger partial charge in [0.1, 0.15) is 11.9 Å². The van der Waals surface area contributed by atoms with Crippen LogP contribution in [0, 0.1) is 11.3 Å². The molecule has 0 saturated heterocycles. The molecule has 8 nitrogen and oxygen atoms in total. The normalized spacial score (nSPS) is 15.2. The monoisotopic (exact) mass is 480 g/mol. The Bertz CT molecular complexity index is 1380. The zero-order valence-corrected chi connectivity index (χ0v) is 20.3. The van der Waals surface area contributed by atoms with Crippen molar-refractivity contribution >= 4 is 5.69 Å². The Morgan fingerprint density at radius 1 is 1.19 bits per heavy atom. The predicted molar refractivity (Wildman–Crippen MR) is 138 cm³/mol. The minimum atomic E-state index is -0.153. The van der Waals surface area contributed by atoms with Crippen molar-refractivity contribution < 1.29 is 9.47 Å². The molecule has 3 heterocycles. The maximum absolute atomic E-state index is 9.16. The first-order valence-electron chi connectivity index (χ1n) is 11.9. The summed E-state index contributed by atoms with van der Waals surface area (Å²) < 4.78 is 13.7. The van der Waals surface area contributed by atoms with Gasteiger partial charge in [-0.25, -0.2) is 4.98 Å². The van der Waals surface area contributed by atoms with E-state index in [0.717, 1.165) is 40.1 Å². The highest BCUT2D eigenvalue weighted by Crippen LogP contribution is 2.34. The molecule has 0 fully saturated rings. The molecule has 36 heavy (non-hydrogen) atoms. The van der Waals surface area contributed by atoms with Crippen LogP contribution in [0.5, 0.6) is 11.6 Å². The quantitative estimate of drug-likeness (QED) is 0.392. The molecular formula is C28H28N6O2. The number of benzene rings is 2. The molecule has 2 aromatic carbocycles. The van der Waals surface area contributed by atoms with Crippen LogP contribution in [-0.2, 0) is 13.5 Å². The predicted octanol–water partition coefficient (Wildman–Crippen LogP) is 4.11. The van der Waals surface area contributed by atoms with Crippen LogP contribution in [0.3, 0.4) is 0 Å². The molecule has 0 aliphatic carbocycles. The van der Waals surface area contributed by atoms with Crippen molar-refractivity contribution in [2.24, 2.45) is 7.05 Å². The zero-order valence-electron chi connectivity index (χ0n) is 20.3. The molecule has 0 radical (unpaired) electrons. The Morgan fingerprint density at radius 2 is 2.06 bits per heavy atom. The van der Waals surface area contributed by atoms with Crippen LogP contribution in [0.4, 0.5) is 5.69 Å². The first kappa shape index (κ1) is 23.4. The number of hydrogen-bond donors (Lipinski definition) is 2. The van der Waals surface area contributed by atoms with E-state index in [1.54, 1.807) is 17.9 Å². The van der Waals surface area contributed by atoms with Gasteiger partial charge in [-0.3, -0.25) is 4.68 Å². The number of nitriles is 1. The number of fused-ring (bicyclic) bond motifs is 1. The summed E-state index contributed by atoms with van der Waals surface area (Å²) in [7, 11) is 3.53. The van der Waals surface area contributed by atoms with Gasteiger partial charge in [0.05, 0.1) is 43.2 Å². The van der Waals surface area contributed by atoms with E-state index >= 15 is 0 Å². The summed E-state index contributed by atoms with van der Waals surface area (Å²) in [6.07, 6.45) is 6.21. The van der Waals surface area contributed by atoms with E-state index in [2.05, 4.69) is 45.0 Å². The largest absolute Gasteiger partial charge is 0.496 e. The van der Waals surface area contributed by atoms with Crippen molar-refractivity contribution in [2.45, 2.75) is 18.6 Å². The van der Waals surface area contributed by atoms with Crippen LogP contribution in [-0.4, -0.2) is 41.1 Å². The van der Waals surface area contributed by atoms with Crippen molar-refractivity contribution in [3.63, 3.8) is 0 Å². The number of nitrogens with one attached hydrogen (secondary N) is 2. The number of pyridine rings is 1. The van der Waals surface area contributed by atoms with E-state index < -0.39 is 0 Å². The smallest absolute Gasteiger partial charge is 0.237 e. The molecule has 5 rings (SSSR count). The molecule has 0 unspecified atom stereocenters. The number of aryl methyl sites for hydroxylation is 1. The summed E-state index contributed by atoms with van der Waals surface area (Å²) in [6.45, 7) is 1.35. The summed E-state index contributed by atoms with van der Waals surface area (Å²) in [5.74, 6) is 1.32. The molecule has 1 aliphatic rings. The second-order valence-corrected chi connectivity index (χ2v) is 8.75. The lowest BCUT2D eigenvalue weighted by Gasteiger charge is -2.33. The molecule has 0 amide bonds. The van der Waals surface area contributed by atoms with Gasteiger partial charge in [-0.05, 0) is 35.7 Å². The van der Waals surface area contributed by atoms with Gasteiger partial charge in [-0.2, -0.15) is 10.4 Å². The number of anilines is 1.